The maximum atomic E-state index is 13.4. The average Bonchev–Trinajstić information content (AvgIpc) is 0.798. The molecule has 0 amide bonds. The summed E-state index contributed by atoms with van der Waals surface area (Å²) in [4.78, 5) is 153. The minimum Gasteiger partial charge on any atom is -0.318 e. The summed E-state index contributed by atoms with van der Waals surface area (Å²) in [7, 11) is 0. The quantitative estimate of drug-likeness (QED) is 0.0235. The van der Waals surface area contributed by atoms with E-state index in [4.69, 9.17) is 19.4 Å². The van der Waals surface area contributed by atoms with Crippen LogP contribution in [0.5, 0.6) is 0 Å². The summed E-state index contributed by atoms with van der Waals surface area (Å²) in [5.74, 6) is -4.89. The van der Waals surface area contributed by atoms with Crippen LogP contribution in [0.2, 0.25) is 0 Å². The summed E-state index contributed by atoms with van der Waals surface area (Å²) < 4.78 is 0. The van der Waals surface area contributed by atoms with Gasteiger partial charge in [-0.2, -0.15) is 0 Å². The topological polar surface area (TPSA) is 307 Å². The predicted octanol–water partition coefficient (Wildman–Crippen LogP) is 15.3. The normalized spacial score (nSPS) is 11.5. The van der Waals surface area contributed by atoms with E-state index in [0.29, 0.717) is 78.6 Å². The summed E-state index contributed by atoms with van der Waals surface area (Å²) >= 11 is 0. The molecule has 8 aromatic carbocycles. The zero-order valence-electron chi connectivity index (χ0n) is 56.6. The lowest BCUT2D eigenvalue weighted by Gasteiger charge is -2.26. The minimum atomic E-state index is -0.655. The standard InChI is InChI=1S/C40H37N5O9.C36H31N3O7.2CH4/c1-24-10-8-9-11-37(24)40(50)33-16-22-36(23-17-33)45(34-18-12-31(13-19-34)38(43-53-29(6)48)25(2)41-51-27(4)46)35-20-14-32(15-21-35)39(44-54-30(7)49)26(3)42-52-28(5)47;1-22-8-6-7-9-33(22)36(44)29-14-20-32(21-15-29)39(30-16-10-27(11-17-30)34(42)23(2)37-45-25(4)40)31-18-12-28(13-19-31)35(43)24(3)38-46-26(5)41;;/h8-23H,1-7H3;6-21H,1-5H3;2*1H4/b41-25?,42-26?,43-38+,44-39?;;;. The van der Waals surface area contributed by atoms with Crippen LogP contribution in [-0.2, 0) is 57.8 Å². The molecule has 0 saturated heterocycles. The minimum absolute atomic E-state index is 0. The largest absolute Gasteiger partial charge is 0.332 e. The average molecular weight is 1380 g/mol. The number of anilines is 6. The summed E-state index contributed by atoms with van der Waals surface area (Å²) in [6.07, 6.45) is 0. The summed E-state index contributed by atoms with van der Waals surface area (Å²) in [6, 6.07) is 56.6. The van der Waals surface area contributed by atoms with Crippen LogP contribution in [0.4, 0.5) is 34.1 Å². The number of benzene rings is 8. The van der Waals surface area contributed by atoms with Crippen molar-refractivity contribution in [2.24, 2.45) is 30.9 Å². The molecule has 24 nitrogen and oxygen atoms in total. The maximum absolute atomic E-state index is 13.4. The van der Waals surface area contributed by atoms with Crippen molar-refractivity contribution in [3.63, 3.8) is 0 Å². The molecule has 0 atom stereocenters. The van der Waals surface area contributed by atoms with Gasteiger partial charge in [-0.05, 0) is 174 Å². The highest BCUT2D eigenvalue weighted by molar-refractivity contribution is 6.48. The predicted molar refractivity (Wildman–Crippen MR) is 390 cm³/mol. The molecule has 0 aromatic heterocycles. The molecule has 0 aliphatic rings. The van der Waals surface area contributed by atoms with Crippen LogP contribution < -0.4 is 9.80 Å². The molecule has 0 saturated carbocycles. The molecular formula is C78H76N8O16. The lowest BCUT2D eigenvalue weighted by Crippen LogP contribution is -2.16. The Morgan fingerprint density at radius 1 is 0.255 bits per heavy atom. The van der Waals surface area contributed by atoms with Gasteiger partial charge in [-0.1, -0.05) is 119 Å². The fourth-order valence-electron chi connectivity index (χ4n) is 9.44. The van der Waals surface area contributed by atoms with Crippen molar-refractivity contribution in [2.45, 2.75) is 97.9 Å². The molecule has 0 fully saturated rings. The van der Waals surface area contributed by atoms with E-state index in [1.165, 1.54) is 55.4 Å². The van der Waals surface area contributed by atoms with Crippen molar-refractivity contribution in [2.75, 3.05) is 9.80 Å². The molecule has 0 aliphatic carbocycles. The first kappa shape index (κ1) is 79.6. The van der Waals surface area contributed by atoms with Gasteiger partial charge in [-0.15, -0.1) is 0 Å². The van der Waals surface area contributed by atoms with Gasteiger partial charge in [0.1, 0.15) is 34.3 Å². The number of rotatable bonds is 24. The van der Waals surface area contributed by atoms with Gasteiger partial charge in [-0.25, -0.2) is 28.8 Å². The van der Waals surface area contributed by atoms with E-state index >= 15 is 0 Å². The van der Waals surface area contributed by atoms with Crippen molar-refractivity contribution >= 4 is 127 Å². The van der Waals surface area contributed by atoms with Gasteiger partial charge in [-0.3, -0.25) is 19.2 Å². The molecule has 0 spiro atoms. The lowest BCUT2D eigenvalue weighted by molar-refractivity contribution is -0.142. The van der Waals surface area contributed by atoms with E-state index in [0.717, 1.165) is 11.1 Å². The van der Waals surface area contributed by atoms with Crippen molar-refractivity contribution < 1.29 is 77.0 Å². The Balaban J connectivity index is 0.000000364. The molecule has 0 unspecified atom stereocenters. The Labute approximate surface area is 590 Å². The van der Waals surface area contributed by atoms with E-state index in [2.05, 4.69) is 40.6 Å². The smallest absolute Gasteiger partial charge is 0.318 e. The monoisotopic (exact) mass is 1380 g/mol. The van der Waals surface area contributed by atoms with E-state index in [-0.39, 0.29) is 60.7 Å². The molecule has 0 bridgehead atoms. The third-order valence-corrected chi connectivity index (χ3v) is 14.2. The van der Waals surface area contributed by atoms with Crippen LogP contribution in [0.3, 0.4) is 0 Å². The highest BCUT2D eigenvalue weighted by Crippen LogP contribution is 2.37. The van der Waals surface area contributed by atoms with Gasteiger partial charge in [0.2, 0.25) is 11.6 Å². The third kappa shape index (κ3) is 21.9. The summed E-state index contributed by atoms with van der Waals surface area (Å²) in [5.41, 5.74) is 10.4. The number of ketones is 4. The fourth-order valence-corrected chi connectivity index (χ4v) is 9.44. The van der Waals surface area contributed by atoms with E-state index in [1.54, 1.807) is 147 Å². The van der Waals surface area contributed by atoms with E-state index in [1.807, 2.05) is 84.3 Å². The number of nitrogens with zero attached hydrogens (tertiary/aromatic N) is 8. The molecule has 0 heterocycles. The summed E-state index contributed by atoms with van der Waals surface area (Å²) in [5, 5.41) is 22.6. The first-order chi connectivity index (χ1) is 47.7. The number of carbonyl (C=O) groups is 10. The highest BCUT2D eigenvalue weighted by atomic mass is 16.7. The summed E-state index contributed by atoms with van der Waals surface area (Å²) in [6.45, 7) is 16.9. The van der Waals surface area contributed by atoms with Crippen LogP contribution in [0.25, 0.3) is 0 Å². The van der Waals surface area contributed by atoms with Crippen molar-refractivity contribution in [1.29, 1.82) is 0 Å². The Kier molecular flexibility index (Phi) is 29.3. The Morgan fingerprint density at radius 3 is 0.696 bits per heavy atom. The zero-order chi connectivity index (χ0) is 72.7. The maximum Gasteiger partial charge on any atom is 0.332 e. The first-order valence-corrected chi connectivity index (χ1v) is 30.6. The third-order valence-electron chi connectivity index (χ3n) is 14.2. The number of carbonyl (C=O) groups excluding carboxylic acids is 10. The molecular weight excluding hydrogens is 1300 g/mol. The molecule has 0 N–H and O–H groups in total. The van der Waals surface area contributed by atoms with Crippen molar-refractivity contribution in [3.05, 3.63) is 250 Å². The fraction of sp³-hybridized carbons (Fsp3) is 0.179. The molecule has 24 heteroatoms. The molecule has 0 aliphatic heterocycles. The molecule has 8 rings (SSSR count). The van der Waals surface area contributed by atoms with E-state index in [9.17, 15) is 47.9 Å². The van der Waals surface area contributed by atoms with Crippen LogP contribution in [0, 0.1) is 13.8 Å². The van der Waals surface area contributed by atoms with Gasteiger partial charge in [0.15, 0.2) is 11.6 Å². The van der Waals surface area contributed by atoms with Crippen LogP contribution in [0.1, 0.15) is 159 Å². The first-order valence-electron chi connectivity index (χ1n) is 30.6. The molecule has 0 radical (unpaired) electrons. The number of hydrogen-bond donors (Lipinski definition) is 0. The Hall–Kier alpha value is -13.1. The SMILES string of the molecule is C.C.CC(=O)ON=C(C)C(=NOC(C)=O)c1ccc(N(c2ccc(C(=O)c3ccccc3C)cc2)c2ccc(/C(=N/OC(C)=O)C(C)=NOC(C)=O)cc2)cc1.CC(=O)ON=C(C)C(=O)c1ccc(N(c2ccc(C(=O)C(C)=NOC(C)=O)cc2)c2ccc(C(=O)c3ccccc3C)cc2)cc1. The highest BCUT2D eigenvalue weighted by Gasteiger charge is 2.22. The van der Waals surface area contributed by atoms with Crippen LogP contribution >= 0.6 is 0 Å². The lowest BCUT2D eigenvalue weighted by atomic mass is 9.99. The van der Waals surface area contributed by atoms with E-state index < -0.39 is 47.4 Å². The van der Waals surface area contributed by atoms with Crippen molar-refractivity contribution in [3.8, 4) is 0 Å². The van der Waals surface area contributed by atoms with Gasteiger partial charge in [0.05, 0.1) is 0 Å². The number of Topliss-reactive ketones (excluding diaryl/α,β-unsaturated/α-hetero) is 2. The molecule has 8 aromatic rings. The van der Waals surface area contributed by atoms with Gasteiger partial charge in [0.25, 0.3) is 0 Å². The van der Waals surface area contributed by atoms with Crippen LogP contribution in [-0.4, -0.2) is 93.2 Å². The zero-order valence-corrected chi connectivity index (χ0v) is 56.6. The van der Waals surface area contributed by atoms with Crippen molar-refractivity contribution in [1.82, 2.24) is 0 Å². The second-order valence-corrected chi connectivity index (χ2v) is 22.0. The molecule has 102 heavy (non-hydrogen) atoms. The van der Waals surface area contributed by atoms with Gasteiger partial charge >= 0.3 is 35.8 Å². The Morgan fingerprint density at radius 2 is 0.461 bits per heavy atom. The number of aryl methyl sites for hydroxylation is 2. The van der Waals surface area contributed by atoms with Gasteiger partial charge in [0, 0.05) is 120 Å². The second kappa shape index (κ2) is 37.6. The second-order valence-electron chi connectivity index (χ2n) is 22.0. The number of oxime groups is 6. The van der Waals surface area contributed by atoms with Crippen LogP contribution in [0.15, 0.2) is 225 Å². The number of hydrogen-bond acceptors (Lipinski definition) is 24. The Bertz CT molecular complexity index is 4420. The molecule has 524 valence electrons. The van der Waals surface area contributed by atoms with Gasteiger partial charge < -0.3 is 38.8 Å².